The first-order chi connectivity index (χ1) is 12.9. The van der Waals surface area contributed by atoms with Crippen LogP contribution in [0.1, 0.15) is 30.9 Å². The predicted molar refractivity (Wildman–Crippen MR) is 101 cm³/mol. The lowest BCUT2D eigenvalue weighted by Gasteiger charge is -2.48. The standard InChI is InChI=1S/C23H24O4/c1-21(2)22(16-13-9-6-10-14-16)17(15-11-7-5-8-12-15)18(19(24)26-3)23(21,22)20(25)27-4/h5-14,17-18H,1-4H3/t17-,18-,22+,23+/m0/s1. The number of esters is 2. The molecule has 0 saturated heterocycles. The lowest BCUT2D eigenvalue weighted by Crippen LogP contribution is -2.55. The van der Waals surface area contributed by atoms with Crippen LogP contribution >= 0.6 is 0 Å². The van der Waals surface area contributed by atoms with E-state index in [1.807, 2.05) is 48.5 Å². The van der Waals surface area contributed by atoms with Gasteiger partial charge < -0.3 is 9.47 Å². The van der Waals surface area contributed by atoms with E-state index in [4.69, 9.17) is 9.47 Å². The lowest BCUT2D eigenvalue weighted by atomic mass is 9.52. The number of rotatable bonds is 4. The van der Waals surface area contributed by atoms with Gasteiger partial charge in [-0.1, -0.05) is 74.5 Å². The van der Waals surface area contributed by atoms with Crippen molar-refractivity contribution in [2.24, 2.45) is 16.7 Å². The Hall–Kier alpha value is -2.62. The van der Waals surface area contributed by atoms with Crippen molar-refractivity contribution in [2.75, 3.05) is 14.2 Å². The third-order valence-corrected chi connectivity index (χ3v) is 7.15. The summed E-state index contributed by atoms with van der Waals surface area (Å²) in [5.74, 6) is -1.42. The number of methoxy groups -OCH3 is 2. The molecule has 0 spiro atoms. The summed E-state index contributed by atoms with van der Waals surface area (Å²) in [6.07, 6.45) is 0. The molecule has 0 radical (unpaired) electrons. The summed E-state index contributed by atoms with van der Waals surface area (Å²) in [6, 6.07) is 20.0. The third kappa shape index (κ3) is 1.74. The van der Waals surface area contributed by atoms with E-state index in [1.165, 1.54) is 14.2 Å². The van der Waals surface area contributed by atoms with Crippen molar-refractivity contribution < 1.29 is 19.1 Å². The molecule has 140 valence electrons. The summed E-state index contributed by atoms with van der Waals surface area (Å²) in [4.78, 5) is 26.0. The molecule has 27 heavy (non-hydrogen) atoms. The van der Waals surface area contributed by atoms with Crippen molar-refractivity contribution in [3.63, 3.8) is 0 Å². The van der Waals surface area contributed by atoms with Crippen LogP contribution in [0.2, 0.25) is 0 Å². The maximum Gasteiger partial charge on any atom is 0.314 e. The summed E-state index contributed by atoms with van der Waals surface area (Å²) >= 11 is 0. The molecule has 4 heteroatoms. The van der Waals surface area contributed by atoms with Crippen LogP contribution in [-0.2, 0) is 24.5 Å². The van der Waals surface area contributed by atoms with Crippen molar-refractivity contribution in [1.29, 1.82) is 0 Å². The topological polar surface area (TPSA) is 52.6 Å². The number of hydrogen-bond donors (Lipinski definition) is 0. The van der Waals surface area contributed by atoms with Crippen LogP contribution in [0.25, 0.3) is 0 Å². The Morgan fingerprint density at radius 3 is 1.93 bits per heavy atom. The second-order valence-corrected chi connectivity index (χ2v) is 7.99. The van der Waals surface area contributed by atoms with Crippen molar-refractivity contribution in [3.8, 4) is 0 Å². The molecule has 4 rings (SSSR count). The fourth-order valence-corrected chi connectivity index (χ4v) is 6.33. The van der Waals surface area contributed by atoms with Gasteiger partial charge in [-0.25, -0.2) is 0 Å². The average Bonchev–Trinajstić information content (AvgIpc) is 3.06. The SMILES string of the molecule is COC(=O)[C@@H]1[C@H](c2ccccc2)[C@]2(c3ccccc3)C(C)(C)[C@]12C(=O)OC. The van der Waals surface area contributed by atoms with Crippen LogP contribution in [0.15, 0.2) is 60.7 Å². The number of fused-ring (bicyclic) bond motifs is 1. The van der Waals surface area contributed by atoms with E-state index in [-0.39, 0.29) is 17.9 Å². The normalized spacial score (nSPS) is 32.6. The van der Waals surface area contributed by atoms with Gasteiger partial charge in [-0.3, -0.25) is 9.59 Å². The Morgan fingerprint density at radius 2 is 1.41 bits per heavy atom. The first-order valence-electron chi connectivity index (χ1n) is 9.19. The van der Waals surface area contributed by atoms with Crippen LogP contribution in [0, 0.1) is 16.7 Å². The number of benzene rings is 2. The second kappa shape index (κ2) is 5.69. The molecule has 2 aromatic carbocycles. The highest BCUT2D eigenvalue weighted by molar-refractivity contribution is 5.99. The van der Waals surface area contributed by atoms with Gasteiger partial charge in [-0.2, -0.15) is 0 Å². The smallest absolute Gasteiger partial charge is 0.314 e. The van der Waals surface area contributed by atoms with E-state index in [1.54, 1.807) is 0 Å². The Kier molecular flexibility index (Phi) is 3.74. The predicted octanol–water partition coefficient (Wildman–Crippen LogP) is 3.71. The summed E-state index contributed by atoms with van der Waals surface area (Å²) in [5.41, 5.74) is 0.225. The van der Waals surface area contributed by atoms with E-state index >= 15 is 0 Å². The van der Waals surface area contributed by atoms with Crippen LogP contribution in [0.3, 0.4) is 0 Å². The van der Waals surface area contributed by atoms with Gasteiger partial charge in [-0.15, -0.1) is 0 Å². The fourth-order valence-electron chi connectivity index (χ4n) is 6.33. The number of hydrogen-bond acceptors (Lipinski definition) is 4. The molecule has 0 aromatic heterocycles. The number of carbonyl (C=O) groups excluding carboxylic acids is 2. The molecule has 0 heterocycles. The van der Waals surface area contributed by atoms with Crippen molar-refractivity contribution in [3.05, 3.63) is 71.8 Å². The molecule has 2 aromatic rings. The summed E-state index contributed by atoms with van der Waals surface area (Å²) < 4.78 is 10.4. The van der Waals surface area contributed by atoms with Gasteiger partial charge in [0, 0.05) is 11.3 Å². The van der Waals surface area contributed by atoms with Gasteiger partial charge in [-0.05, 0) is 16.5 Å². The monoisotopic (exact) mass is 364 g/mol. The maximum atomic E-state index is 13.1. The highest BCUT2D eigenvalue weighted by atomic mass is 16.5. The van der Waals surface area contributed by atoms with Gasteiger partial charge in [0.05, 0.1) is 25.6 Å². The van der Waals surface area contributed by atoms with Gasteiger partial charge in [0.2, 0.25) is 0 Å². The molecule has 2 fully saturated rings. The minimum Gasteiger partial charge on any atom is -0.469 e. The average molecular weight is 364 g/mol. The maximum absolute atomic E-state index is 13.1. The number of ether oxygens (including phenoxy) is 2. The van der Waals surface area contributed by atoms with Crippen LogP contribution in [-0.4, -0.2) is 26.2 Å². The molecular formula is C23H24O4. The Balaban J connectivity index is 2.00. The van der Waals surface area contributed by atoms with E-state index in [9.17, 15) is 9.59 Å². The Bertz CT molecular complexity index is 889. The van der Waals surface area contributed by atoms with Crippen LogP contribution < -0.4 is 0 Å². The lowest BCUT2D eigenvalue weighted by molar-refractivity contribution is -0.170. The Morgan fingerprint density at radius 1 is 0.852 bits per heavy atom. The number of carbonyl (C=O) groups is 2. The molecule has 2 saturated carbocycles. The largest absolute Gasteiger partial charge is 0.469 e. The van der Waals surface area contributed by atoms with Gasteiger partial charge in [0.15, 0.2) is 0 Å². The van der Waals surface area contributed by atoms with Crippen molar-refractivity contribution in [2.45, 2.75) is 25.2 Å². The molecule has 0 bridgehead atoms. The van der Waals surface area contributed by atoms with Crippen molar-refractivity contribution >= 4 is 11.9 Å². The summed E-state index contributed by atoms with van der Waals surface area (Å²) in [5, 5.41) is 0. The zero-order valence-electron chi connectivity index (χ0n) is 16.1. The molecule has 0 unspecified atom stereocenters. The zero-order chi connectivity index (χ0) is 19.4. The highest BCUT2D eigenvalue weighted by Gasteiger charge is 3.00. The molecule has 0 amide bonds. The fraction of sp³-hybridized carbons (Fsp3) is 0.391. The molecule has 0 N–H and O–H groups in total. The third-order valence-electron chi connectivity index (χ3n) is 7.15. The van der Waals surface area contributed by atoms with E-state index in [0.717, 1.165) is 11.1 Å². The van der Waals surface area contributed by atoms with Gasteiger partial charge in [0.1, 0.15) is 0 Å². The Labute approximate surface area is 159 Å². The van der Waals surface area contributed by atoms with E-state index in [0.29, 0.717) is 0 Å². The molecule has 2 aliphatic carbocycles. The first-order valence-corrected chi connectivity index (χ1v) is 9.19. The van der Waals surface area contributed by atoms with Gasteiger partial charge in [0.25, 0.3) is 0 Å². The second-order valence-electron chi connectivity index (χ2n) is 7.99. The van der Waals surface area contributed by atoms with E-state index < -0.39 is 22.2 Å². The minimum absolute atomic E-state index is 0.150. The molecule has 4 nitrogen and oxygen atoms in total. The molecule has 0 aliphatic heterocycles. The minimum atomic E-state index is -0.927. The quantitative estimate of drug-likeness (QED) is 0.776. The van der Waals surface area contributed by atoms with Gasteiger partial charge >= 0.3 is 11.9 Å². The first kappa shape index (κ1) is 17.8. The zero-order valence-corrected chi connectivity index (χ0v) is 16.1. The highest BCUT2D eigenvalue weighted by Crippen LogP contribution is 2.95. The molecule has 4 atom stereocenters. The van der Waals surface area contributed by atoms with Crippen LogP contribution in [0.4, 0.5) is 0 Å². The molecular weight excluding hydrogens is 340 g/mol. The summed E-state index contributed by atoms with van der Waals surface area (Å²) in [7, 11) is 2.78. The van der Waals surface area contributed by atoms with Crippen molar-refractivity contribution in [1.82, 2.24) is 0 Å². The molecule has 2 aliphatic rings. The van der Waals surface area contributed by atoms with E-state index in [2.05, 4.69) is 26.0 Å². The van der Waals surface area contributed by atoms with Crippen LogP contribution in [0.5, 0.6) is 0 Å². The summed E-state index contributed by atoms with van der Waals surface area (Å²) in [6.45, 7) is 4.13.